The van der Waals surface area contributed by atoms with Crippen molar-refractivity contribution in [1.29, 1.82) is 0 Å². The highest BCUT2D eigenvalue weighted by Gasteiger charge is 1.96. The molecular formula is C10H10ClN. The highest BCUT2D eigenvalue weighted by atomic mass is 35.5. The lowest BCUT2D eigenvalue weighted by molar-refractivity contribution is 1.01. The second-order valence-corrected chi connectivity index (χ2v) is 3.03. The second kappa shape index (κ2) is 4.13. The summed E-state index contributed by atoms with van der Waals surface area (Å²) in [5.74, 6) is 2.59. The van der Waals surface area contributed by atoms with Gasteiger partial charge in [0, 0.05) is 12.1 Å². The van der Waals surface area contributed by atoms with E-state index in [1.165, 1.54) is 0 Å². The van der Waals surface area contributed by atoms with Gasteiger partial charge in [-0.15, -0.1) is 12.3 Å². The molecule has 0 N–H and O–H groups in total. The Kier molecular flexibility index (Phi) is 3.13. The zero-order valence-corrected chi connectivity index (χ0v) is 7.73. The fourth-order valence-corrected chi connectivity index (χ4v) is 1.33. The van der Waals surface area contributed by atoms with Crippen LogP contribution in [0.25, 0.3) is 0 Å². The third-order valence-electron chi connectivity index (χ3n) is 1.54. The lowest BCUT2D eigenvalue weighted by Gasteiger charge is -1.99. The highest BCUT2D eigenvalue weighted by molar-refractivity contribution is 6.29. The molecule has 0 radical (unpaired) electrons. The first-order valence-electron chi connectivity index (χ1n) is 3.79. The van der Waals surface area contributed by atoms with Gasteiger partial charge >= 0.3 is 0 Å². The maximum atomic E-state index is 5.77. The summed E-state index contributed by atoms with van der Waals surface area (Å²) in [5.41, 5.74) is 2.10. The predicted octanol–water partition coefficient (Wildman–Crippen LogP) is 2.61. The molecule has 0 spiro atoms. The zero-order chi connectivity index (χ0) is 8.97. The van der Waals surface area contributed by atoms with Gasteiger partial charge < -0.3 is 0 Å². The van der Waals surface area contributed by atoms with Crippen molar-refractivity contribution in [3.63, 3.8) is 0 Å². The van der Waals surface area contributed by atoms with E-state index >= 15 is 0 Å². The molecule has 1 nitrogen and oxygen atoms in total. The average molecular weight is 180 g/mol. The molecule has 1 aromatic heterocycles. The first kappa shape index (κ1) is 9.09. The maximum Gasteiger partial charge on any atom is 0.129 e. The molecule has 0 aliphatic heterocycles. The van der Waals surface area contributed by atoms with Crippen molar-refractivity contribution in [3.8, 4) is 12.3 Å². The maximum absolute atomic E-state index is 5.77. The molecule has 0 bridgehead atoms. The minimum Gasteiger partial charge on any atom is -0.241 e. The van der Waals surface area contributed by atoms with Crippen LogP contribution in [0.15, 0.2) is 12.1 Å². The van der Waals surface area contributed by atoms with Crippen molar-refractivity contribution >= 4 is 11.6 Å². The van der Waals surface area contributed by atoms with E-state index in [9.17, 15) is 0 Å². The normalized spacial score (nSPS) is 9.42. The summed E-state index contributed by atoms with van der Waals surface area (Å²) in [6.45, 7) is 1.92. The summed E-state index contributed by atoms with van der Waals surface area (Å²) in [6.07, 6.45) is 6.78. The van der Waals surface area contributed by atoms with Crippen molar-refractivity contribution in [2.45, 2.75) is 19.8 Å². The number of nitrogens with zero attached hydrogens (tertiary/aromatic N) is 1. The first-order valence-corrected chi connectivity index (χ1v) is 4.16. The van der Waals surface area contributed by atoms with Crippen LogP contribution >= 0.6 is 11.6 Å². The number of pyridine rings is 1. The van der Waals surface area contributed by atoms with Crippen LogP contribution in [0.3, 0.4) is 0 Å². The molecule has 1 rings (SSSR count). The molecule has 0 aliphatic carbocycles. The van der Waals surface area contributed by atoms with E-state index in [0.717, 1.165) is 24.1 Å². The van der Waals surface area contributed by atoms with E-state index in [4.69, 9.17) is 18.0 Å². The minimum atomic E-state index is 0.544. The van der Waals surface area contributed by atoms with E-state index in [1.54, 1.807) is 0 Å². The summed E-state index contributed by atoms with van der Waals surface area (Å²) in [4.78, 5) is 4.06. The molecule has 0 amide bonds. The van der Waals surface area contributed by atoms with Crippen LogP contribution in [0.4, 0.5) is 0 Å². The van der Waals surface area contributed by atoms with Crippen LogP contribution in [0.5, 0.6) is 0 Å². The van der Waals surface area contributed by atoms with Crippen molar-refractivity contribution in [2.75, 3.05) is 0 Å². The number of aryl methyl sites for hydroxylation is 2. The molecule has 0 aromatic carbocycles. The number of terminal acetylenes is 1. The van der Waals surface area contributed by atoms with Crippen LogP contribution in [0, 0.1) is 19.3 Å². The Morgan fingerprint density at radius 2 is 2.33 bits per heavy atom. The Bertz CT molecular complexity index is 292. The molecule has 0 fully saturated rings. The van der Waals surface area contributed by atoms with Gasteiger partial charge in [0.05, 0.1) is 0 Å². The van der Waals surface area contributed by atoms with Crippen molar-refractivity contribution in [3.05, 3.63) is 28.5 Å². The molecule has 1 heterocycles. The van der Waals surface area contributed by atoms with Gasteiger partial charge in [-0.25, -0.2) is 4.98 Å². The Morgan fingerprint density at radius 1 is 1.58 bits per heavy atom. The van der Waals surface area contributed by atoms with Crippen LogP contribution in [0.1, 0.15) is 17.7 Å². The topological polar surface area (TPSA) is 12.9 Å². The average Bonchev–Trinajstić information content (AvgIpc) is 1.99. The minimum absolute atomic E-state index is 0.544. The third-order valence-corrected chi connectivity index (χ3v) is 1.73. The monoisotopic (exact) mass is 179 g/mol. The molecular weight excluding hydrogens is 170 g/mol. The number of rotatable bonds is 2. The van der Waals surface area contributed by atoms with Crippen LogP contribution in [-0.4, -0.2) is 4.98 Å². The number of halogens is 1. The van der Waals surface area contributed by atoms with Gasteiger partial charge in [-0.2, -0.15) is 0 Å². The van der Waals surface area contributed by atoms with Gasteiger partial charge in [0.25, 0.3) is 0 Å². The Labute approximate surface area is 77.8 Å². The first-order chi connectivity index (χ1) is 5.72. The van der Waals surface area contributed by atoms with E-state index in [1.807, 2.05) is 19.1 Å². The molecule has 0 atom stereocenters. The molecule has 0 saturated heterocycles. The third kappa shape index (κ3) is 2.56. The standard InChI is InChI=1S/C10H10ClN/c1-3-4-5-9-6-8(2)12-10(11)7-9/h1,6-7H,4-5H2,2H3. The summed E-state index contributed by atoms with van der Waals surface area (Å²) >= 11 is 5.77. The molecule has 2 heteroatoms. The van der Waals surface area contributed by atoms with E-state index in [-0.39, 0.29) is 0 Å². The van der Waals surface area contributed by atoms with Crippen LogP contribution in [0.2, 0.25) is 5.15 Å². The quantitative estimate of drug-likeness (QED) is 0.503. The summed E-state index contributed by atoms with van der Waals surface area (Å²) in [7, 11) is 0. The van der Waals surface area contributed by atoms with Crippen molar-refractivity contribution < 1.29 is 0 Å². The summed E-state index contributed by atoms with van der Waals surface area (Å²) in [6, 6.07) is 3.86. The largest absolute Gasteiger partial charge is 0.241 e. The number of aromatic nitrogens is 1. The molecule has 0 aliphatic rings. The second-order valence-electron chi connectivity index (χ2n) is 2.64. The fraction of sp³-hybridized carbons (Fsp3) is 0.300. The molecule has 62 valence electrons. The van der Waals surface area contributed by atoms with Gasteiger partial charge in [-0.3, -0.25) is 0 Å². The molecule has 1 aromatic rings. The van der Waals surface area contributed by atoms with Crippen molar-refractivity contribution in [1.82, 2.24) is 4.98 Å². The highest BCUT2D eigenvalue weighted by Crippen LogP contribution is 2.11. The van der Waals surface area contributed by atoms with Gasteiger partial charge in [0.15, 0.2) is 0 Å². The van der Waals surface area contributed by atoms with Gasteiger partial charge in [-0.1, -0.05) is 11.6 Å². The van der Waals surface area contributed by atoms with Gasteiger partial charge in [-0.05, 0) is 31.0 Å². The smallest absolute Gasteiger partial charge is 0.129 e. The Morgan fingerprint density at radius 3 is 2.92 bits per heavy atom. The molecule has 12 heavy (non-hydrogen) atoms. The lowest BCUT2D eigenvalue weighted by atomic mass is 10.1. The van der Waals surface area contributed by atoms with Gasteiger partial charge in [0.2, 0.25) is 0 Å². The lowest BCUT2D eigenvalue weighted by Crippen LogP contribution is -1.88. The van der Waals surface area contributed by atoms with Crippen molar-refractivity contribution in [2.24, 2.45) is 0 Å². The number of hydrogen-bond donors (Lipinski definition) is 0. The molecule has 0 saturated carbocycles. The van der Waals surface area contributed by atoms with E-state index in [0.29, 0.717) is 5.15 Å². The van der Waals surface area contributed by atoms with Crippen LogP contribution in [-0.2, 0) is 6.42 Å². The SMILES string of the molecule is C#CCCc1cc(C)nc(Cl)c1. The molecule has 0 unspecified atom stereocenters. The zero-order valence-electron chi connectivity index (χ0n) is 6.97. The fourth-order valence-electron chi connectivity index (χ4n) is 1.06. The van der Waals surface area contributed by atoms with E-state index < -0.39 is 0 Å². The Hall–Kier alpha value is -1.00. The summed E-state index contributed by atoms with van der Waals surface area (Å²) < 4.78 is 0. The van der Waals surface area contributed by atoms with Gasteiger partial charge in [0.1, 0.15) is 5.15 Å². The van der Waals surface area contributed by atoms with E-state index in [2.05, 4.69) is 10.9 Å². The van der Waals surface area contributed by atoms with Crippen LogP contribution < -0.4 is 0 Å². The Balaban J connectivity index is 2.80. The number of hydrogen-bond acceptors (Lipinski definition) is 1. The summed E-state index contributed by atoms with van der Waals surface area (Å²) in [5, 5.41) is 0.544. The predicted molar refractivity (Wildman–Crippen MR) is 51.1 cm³/mol.